The minimum Gasteiger partial charge on any atom is -0.480 e. The number of aliphatic carboxylic acids is 1. The largest absolute Gasteiger partial charge is 0.480 e. The molecule has 0 spiro atoms. The third-order valence-electron chi connectivity index (χ3n) is 3.75. The van der Waals surface area contributed by atoms with Crippen molar-refractivity contribution in [3.05, 3.63) is 70.8 Å². The molecule has 0 saturated heterocycles. The molecule has 2 aromatic rings. The van der Waals surface area contributed by atoms with Gasteiger partial charge in [0.25, 0.3) is 0 Å². The lowest BCUT2D eigenvalue weighted by Gasteiger charge is -2.17. The smallest absolute Gasteiger partial charge is 0.321 e. The zero-order valence-electron chi connectivity index (χ0n) is 12.5. The molecule has 0 bridgehead atoms. The fourth-order valence-corrected chi connectivity index (χ4v) is 2.45. The number of carboxylic acids is 1. The molecule has 0 heterocycles. The third kappa shape index (κ3) is 4.17. The van der Waals surface area contributed by atoms with Gasteiger partial charge in [0.15, 0.2) is 0 Å². The molecule has 0 radical (unpaired) electrons. The van der Waals surface area contributed by atoms with Gasteiger partial charge >= 0.3 is 5.97 Å². The second-order valence-electron chi connectivity index (χ2n) is 5.33. The van der Waals surface area contributed by atoms with Crippen LogP contribution in [0.5, 0.6) is 0 Å². The van der Waals surface area contributed by atoms with E-state index >= 15 is 0 Å². The van der Waals surface area contributed by atoms with Gasteiger partial charge in [0.1, 0.15) is 6.04 Å². The average Bonchev–Trinajstić information content (AvgIpc) is 2.46. The predicted octanol–water partition coefficient (Wildman–Crippen LogP) is 3.09. The van der Waals surface area contributed by atoms with Crippen molar-refractivity contribution in [2.75, 3.05) is 0 Å². The van der Waals surface area contributed by atoms with E-state index in [2.05, 4.69) is 31.3 Å². The van der Waals surface area contributed by atoms with Crippen molar-refractivity contribution in [2.45, 2.75) is 32.9 Å². The van der Waals surface area contributed by atoms with E-state index in [0.717, 1.165) is 5.56 Å². The van der Waals surface area contributed by atoms with Crippen LogP contribution in [0.2, 0.25) is 0 Å². The summed E-state index contributed by atoms with van der Waals surface area (Å²) in [7, 11) is 0. The Morgan fingerprint density at radius 1 is 1.05 bits per heavy atom. The van der Waals surface area contributed by atoms with E-state index < -0.39 is 12.0 Å². The molecule has 0 aliphatic rings. The second-order valence-corrected chi connectivity index (χ2v) is 5.33. The highest BCUT2D eigenvalue weighted by molar-refractivity contribution is 5.73. The lowest BCUT2D eigenvalue weighted by atomic mass is 10.0. The first-order valence-electron chi connectivity index (χ1n) is 7.13. The van der Waals surface area contributed by atoms with Gasteiger partial charge in [-0.1, -0.05) is 48.5 Å². The van der Waals surface area contributed by atoms with Crippen LogP contribution in [-0.2, 0) is 17.8 Å². The van der Waals surface area contributed by atoms with Gasteiger partial charge in [0.2, 0.25) is 0 Å². The molecule has 2 aromatic carbocycles. The fourth-order valence-electron chi connectivity index (χ4n) is 2.45. The van der Waals surface area contributed by atoms with Crippen molar-refractivity contribution in [3.63, 3.8) is 0 Å². The van der Waals surface area contributed by atoms with Crippen LogP contribution in [0.25, 0.3) is 0 Å². The van der Waals surface area contributed by atoms with Crippen molar-refractivity contribution in [1.82, 2.24) is 5.32 Å². The number of benzene rings is 2. The Morgan fingerprint density at radius 3 is 2.24 bits per heavy atom. The maximum atomic E-state index is 11.4. The number of aryl methyl sites for hydroxylation is 2. The van der Waals surface area contributed by atoms with E-state index in [1.54, 1.807) is 0 Å². The summed E-state index contributed by atoms with van der Waals surface area (Å²) >= 11 is 0. The van der Waals surface area contributed by atoms with E-state index in [1.807, 2.05) is 36.4 Å². The number of rotatable bonds is 6. The Balaban J connectivity index is 2.06. The molecule has 0 amide bonds. The Hall–Kier alpha value is -2.13. The molecule has 21 heavy (non-hydrogen) atoms. The molecular weight excluding hydrogens is 262 g/mol. The minimum atomic E-state index is -0.815. The summed E-state index contributed by atoms with van der Waals surface area (Å²) in [6.07, 6.45) is 0.487. The summed E-state index contributed by atoms with van der Waals surface area (Å²) in [5.74, 6) is -0.815. The molecule has 0 fully saturated rings. The van der Waals surface area contributed by atoms with Gasteiger partial charge < -0.3 is 5.11 Å². The molecule has 0 saturated carbocycles. The van der Waals surface area contributed by atoms with E-state index in [9.17, 15) is 9.90 Å². The first-order valence-corrected chi connectivity index (χ1v) is 7.13. The zero-order chi connectivity index (χ0) is 15.2. The lowest BCUT2D eigenvalue weighted by molar-refractivity contribution is -0.139. The standard InChI is InChI=1S/C18H21NO2/c1-13-7-6-8-14(2)16(13)12-19-17(18(20)21)11-15-9-4-3-5-10-15/h3-10,17,19H,11-12H2,1-2H3,(H,20,21)/t17-/m1/s1. The summed E-state index contributed by atoms with van der Waals surface area (Å²) in [5, 5.41) is 12.6. The molecule has 2 rings (SSSR count). The van der Waals surface area contributed by atoms with Gasteiger partial charge in [-0.25, -0.2) is 0 Å². The Bertz CT molecular complexity index is 588. The number of carboxylic acid groups (broad SMARTS) is 1. The second kappa shape index (κ2) is 7.04. The topological polar surface area (TPSA) is 49.3 Å². The molecule has 0 aliphatic heterocycles. The molecule has 2 N–H and O–H groups in total. The highest BCUT2D eigenvalue weighted by Gasteiger charge is 2.17. The molecule has 0 aromatic heterocycles. The van der Waals surface area contributed by atoms with Crippen LogP contribution in [0.15, 0.2) is 48.5 Å². The highest BCUT2D eigenvalue weighted by atomic mass is 16.4. The fraction of sp³-hybridized carbons (Fsp3) is 0.278. The van der Waals surface area contributed by atoms with Crippen molar-refractivity contribution < 1.29 is 9.90 Å². The quantitative estimate of drug-likeness (QED) is 0.856. The SMILES string of the molecule is Cc1cccc(C)c1CN[C@H](Cc1ccccc1)C(=O)O. The van der Waals surface area contributed by atoms with Crippen molar-refractivity contribution in [1.29, 1.82) is 0 Å². The monoisotopic (exact) mass is 283 g/mol. The average molecular weight is 283 g/mol. The first-order chi connectivity index (χ1) is 10.1. The maximum Gasteiger partial charge on any atom is 0.321 e. The molecule has 0 unspecified atom stereocenters. The zero-order valence-corrected chi connectivity index (χ0v) is 12.5. The predicted molar refractivity (Wildman–Crippen MR) is 84.3 cm³/mol. The molecule has 3 nitrogen and oxygen atoms in total. The van der Waals surface area contributed by atoms with Gasteiger partial charge in [0.05, 0.1) is 0 Å². The van der Waals surface area contributed by atoms with Crippen LogP contribution in [0.3, 0.4) is 0 Å². The normalized spacial score (nSPS) is 12.1. The van der Waals surface area contributed by atoms with Crippen molar-refractivity contribution in [2.24, 2.45) is 0 Å². The lowest BCUT2D eigenvalue weighted by Crippen LogP contribution is -2.38. The van der Waals surface area contributed by atoms with Crippen LogP contribution < -0.4 is 5.32 Å². The summed E-state index contributed by atoms with van der Waals surface area (Å²) in [4.78, 5) is 11.4. The summed E-state index contributed by atoms with van der Waals surface area (Å²) < 4.78 is 0. The van der Waals surface area contributed by atoms with Gasteiger partial charge in [0, 0.05) is 6.54 Å². The van der Waals surface area contributed by atoms with Gasteiger partial charge in [-0.05, 0) is 42.5 Å². The molecular formula is C18H21NO2. The van der Waals surface area contributed by atoms with Crippen LogP contribution in [0.4, 0.5) is 0 Å². The maximum absolute atomic E-state index is 11.4. The van der Waals surface area contributed by atoms with Crippen LogP contribution in [0, 0.1) is 13.8 Å². The van der Waals surface area contributed by atoms with Crippen LogP contribution >= 0.6 is 0 Å². The Kier molecular flexibility index (Phi) is 5.12. The van der Waals surface area contributed by atoms with Crippen LogP contribution in [-0.4, -0.2) is 17.1 Å². The van der Waals surface area contributed by atoms with Gasteiger partial charge in [-0.3, -0.25) is 10.1 Å². The molecule has 110 valence electrons. The first kappa shape index (κ1) is 15.3. The third-order valence-corrected chi connectivity index (χ3v) is 3.75. The van der Waals surface area contributed by atoms with Gasteiger partial charge in [-0.15, -0.1) is 0 Å². The molecule has 1 atom stereocenters. The Labute approximate surface area is 125 Å². The van der Waals surface area contributed by atoms with Crippen molar-refractivity contribution >= 4 is 5.97 Å². The minimum absolute atomic E-state index is 0.487. The molecule has 0 aliphatic carbocycles. The van der Waals surface area contributed by atoms with Gasteiger partial charge in [-0.2, -0.15) is 0 Å². The van der Waals surface area contributed by atoms with E-state index in [0.29, 0.717) is 13.0 Å². The van der Waals surface area contributed by atoms with E-state index in [4.69, 9.17) is 0 Å². The number of hydrogen-bond donors (Lipinski definition) is 2. The Morgan fingerprint density at radius 2 is 1.67 bits per heavy atom. The summed E-state index contributed by atoms with van der Waals surface area (Å²) in [6.45, 7) is 4.68. The van der Waals surface area contributed by atoms with Crippen molar-refractivity contribution in [3.8, 4) is 0 Å². The van der Waals surface area contributed by atoms with E-state index in [-0.39, 0.29) is 0 Å². The number of hydrogen-bond acceptors (Lipinski definition) is 2. The van der Waals surface area contributed by atoms with Crippen LogP contribution in [0.1, 0.15) is 22.3 Å². The van der Waals surface area contributed by atoms with E-state index in [1.165, 1.54) is 16.7 Å². The number of nitrogens with one attached hydrogen (secondary N) is 1. The highest BCUT2D eigenvalue weighted by Crippen LogP contribution is 2.13. The number of carbonyl (C=O) groups is 1. The summed E-state index contributed by atoms with van der Waals surface area (Å²) in [6, 6.07) is 15.3. The summed E-state index contributed by atoms with van der Waals surface area (Å²) in [5.41, 5.74) is 4.58. The molecule has 3 heteroatoms.